The van der Waals surface area contributed by atoms with Crippen LogP contribution in [0.3, 0.4) is 0 Å². The maximum Gasteiger partial charge on any atom is 0.163 e. The zero-order valence-corrected chi connectivity index (χ0v) is 5.33. The standard InChI is InChI=1S/C5H12N2O2/c6-3-1-7-2-4(8)5(3)9/h3-5,7-9H,1-2,6H2/p+2/t3-,4-,5+/m0/s1. The van der Waals surface area contributed by atoms with Gasteiger partial charge >= 0.3 is 0 Å². The van der Waals surface area contributed by atoms with Gasteiger partial charge in [-0.3, -0.25) is 0 Å². The van der Waals surface area contributed by atoms with E-state index in [9.17, 15) is 0 Å². The van der Waals surface area contributed by atoms with Crippen molar-refractivity contribution >= 4 is 0 Å². The summed E-state index contributed by atoms with van der Waals surface area (Å²) >= 11 is 0. The largest absolute Gasteiger partial charge is 0.384 e. The first-order valence-electron chi connectivity index (χ1n) is 3.22. The molecule has 0 aliphatic carbocycles. The van der Waals surface area contributed by atoms with E-state index in [1.165, 1.54) is 0 Å². The maximum atomic E-state index is 9.11. The SMILES string of the molecule is [NH3+][C@H]1C[NH2+]C[C@H](O)[C@@H]1O. The van der Waals surface area contributed by atoms with Gasteiger partial charge in [0, 0.05) is 0 Å². The number of quaternary nitrogens is 2. The molecule has 3 atom stereocenters. The average molecular weight is 134 g/mol. The lowest BCUT2D eigenvalue weighted by Crippen LogP contribution is -2.98. The molecule has 0 aromatic carbocycles. The molecule has 1 aliphatic heterocycles. The number of rotatable bonds is 0. The molecule has 1 rings (SSSR count). The van der Waals surface area contributed by atoms with Crippen molar-refractivity contribution in [3.63, 3.8) is 0 Å². The van der Waals surface area contributed by atoms with Crippen molar-refractivity contribution in [1.82, 2.24) is 0 Å². The Morgan fingerprint density at radius 3 is 2.44 bits per heavy atom. The highest BCUT2D eigenvalue weighted by atomic mass is 16.3. The molecule has 4 heteroatoms. The fraction of sp³-hybridized carbons (Fsp3) is 1.00. The van der Waals surface area contributed by atoms with E-state index in [-0.39, 0.29) is 6.04 Å². The molecular weight excluding hydrogens is 120 g/mol. The molecule has 1 aliphatic rings. The monoisotopic (exact) mass is 134 g/mol. The van der Waals surface area contributed by atoms with Crippen molar-refractivity contribution < 1.29 is 21.3 Å². The van der Waals surface area contributed by atoms with Crippen molar-refractivity contribution in [3.05, 3.63) is 0 Å². The van der Waals surface area contributed by atoms with E-state index < -0.39 is 12.2 Å². The van der Waals surface area contributed by atoms with Gasteiger partial charge in [-0.1, -0.05) is 0 Å². The van der Waals surface area contributed by atoms with Gasteiger partial charge in [-0.15, -0.1) is 0 Å². The van der Waals surface area contributed by atoms with E-state index in [2.05, 4.69) is 5.73 Å². The quantitative estimate of drug-likeness (QED) is 0.271. The highest BCUT2D eigenvalue weighted by Crippen LogP contribution is 1.95. The third-order valence-electron chi connectivity index (χ3n) is 1.75. The predicted molar refractivity (Wildman–Crippen MR) is 30.3 cm³/mol. The molecule has 0 radical (unpaired) electrons. The molecule has 1 heterocycles. The minimum absolute atomic E-state index is 0.0197. The molecular formula is C5H14N2O2+2. The Balaban J connectivity index is 2.41. The first kappa shape index (κ1) is 6.95. The van der Waals surface area contributed by atoms with Crippen molar-refractivity contribution in [2.45, 2.75) is 18.2 Å². The van der Waals surface area contributed by atoms with Crippen LogP contribution in [-0.2, 0) is 0 Å². The fourth-order valence-corrected chi connectivity index (χ4v) is 1.07. The summed E-state index contributed by atoms with van der Waals surface area (Å²) < 4.78 is 0. The normalized spacial score (nSPS) is 45.0. The minimum atomic E-state index is -0.616. The summed E-state index contributed by atoms with van der Waals surface area (Å²) in [4.78, 5) is 0. The highest BCUT2D eigenvalue weighted by molar-refractivity contribution is 4.75. The van der Waals surface area contributed by atoms with Crippen LogP contribution in [-0.4, -0.2) is 41.6 Å². The molecule has 0 bridgehead atoms. The van der Waals surface area contributed by atoms with Gasteiger partial charge in [0.25, 0.3) is 0 Å². The Hall–Kier alpha value is -0.160. The number of hydrogen-bond donors (Lipinski definition) is 4. The van der Waals surface area contributed by atoms with Crippen LogP contribution in [0.15, 0.2) is 0 Å². The lowest BCUT2D eigenvalue weighted by Gasteiger charge is -2.24. The van der Waals surface area contributed by atoms with E-state index in [0.717, 1.165) is 6.54 Å². The number of piperidine rings is 1. The number of hydrogen-bond acceptors (Lipinski definition) is 2. The molecule has 0 unspecified atom stereocenters. The number of nitrogens with two attached hydrogens (primary N) is 1. The lowest BCUT2D eigenvalue weighted by atomic mass is 10.0. The predicted octanol–water partition coefficient (Wildman–Crippen LogP) is -4.10. The van der Waals surface area contributed by atoms with Crippen LogP contribution < -0.4 is 11.1 Å². The van der Waals surface area contributed by atoms with Crippen LogP contribution >= 0.6 is 0 Å². The second-order valence-corrected chi connectivity index (χ2v) is 2.58. The van der Waals surface area contributed by atoms with Crippen molar-refractivity contribution in [2.75, 3.05) is 13.1 Å². The fourth-order valence-electron chi connectivity index (χ4n) is 1.07. The summed E-state index contributed by atoms with van der Waals surface area (Å²) in [7, 11) is 0. The Morgan fingerprint density at radius 1 is 1.33 bits per heavy atom. The Bertz CT molecular complexity index is 89.0. The molecule has 4 nitrogen and oxygen atoms in total. The van der Waals surface area contributed by atoms with Gasteiger partial charge in [0.2, 0.25) is 0 Å². The maximum absolute atomic E-state index is 9.11. The van der Waals surface area contributed by atoms with Gasteiger partial charge in [-0.05, 0) is 0 Å². The van der Waals surface area contributed by atoms with Crippen molar-refractivity contribution in [3.8, 4) is 0 Å². The van der Waals surface area contributed by atoms with Crippen LogP contribution in [0.5, 0.6) is 0 Å². The van der Waals surface area contributed by atoms with Crippen LogP contribution in [0.1, 0.15) is 0 Å². The molecule has 1 fully saturated rings. The zero-order chi connectivity index (χ0) is 6.85. The summed E-state index contributed by atoms with van der Waals surface area (Å²) in [6.45, 7) is 1.42. The van der Waals surface area contributed by atoms with E-state index >= 15 is 0 Å². The van der Waals surface area contributed by atoms with E-state index in [4.69, 9.17) is 10.2 Å². The molecule has 0 amide bonds. The zero-order valence-electron chi connectivity index (χ0n) is 5.33. The molecule has 9 heavy (non-hydrogen) atoms. The lowest BCUT2D eigenvalue weighted by molar-refractivity contribution is -0.704. The second kappa shape index (κ2) is 2.62. The van der Waals surface area contributed by atoms with Gasteiger partial charge in [0.15, 0.2) is 6.04 Å². The van der Waals surface area contributed by atoms with Crippen LogP contribution in [0.25, 0.3) is 0 Å². The smallest absolute Gasteiger partial charge is 0.163 e. The molecule has 7 N–H and O–H groups in total. The average Bonchev–Trinajstić information content (AvgIpc) is 1.83. The van der Waals surface area contributed by atoms with Gasteiger partial charge in [-0.2, -0.15) is 0 Å². The van der Waals surface area contributed by atoms with Gasteiger partial charge in [0.05, 0.1) is 0 Å². The molecule has 1 saturated heterocycles. The summed E-state index contributed by atoms with van der Waals surface area (Å²) in [5.41, 5.74) is 3.69. The number of aliphatic hydroxyl groups excluding tert-OH is 2. The van der Waals surface area contributed by atoms with Gasteiger partial charge in [-0.25, -0.2) is 0 Å². The molecule has 0 aromatic rings. The second-order valence-electron chi connectivity index (χ2n) is 2.58. The third-order valence-corrected chi connectivity index (χ3v) is 1.75. The molecule has 0 saturated carbocycles. The van der Waals surface area contributed by atoms with Gasteiger partial charge < -0.3 is 21.3 Å². The highest BCUT2D eigenvalue weighted by Gasteiger charge is 2.32. The summed E-state index contributed by atoms with van der Waals surface area (Å²) in [6.07, 6.45) is -1.20. The first-order valence-corrected chi connectivity index (χ1v) is 3.22. The summed E-state index contributed by atoms with van der Waals surface area (Å²) in [5.74, 6) is 0. The summed E-state index contributed by atoms with van der Waals surface area (Å²) in [5, 5.41) is 20.1. The first-order chi connectivity index (χ1) is 4.22. The van der Waals surface area contributed by atoms with Gasteiger partial charge in [0.1, 0.15) is 25.3 Å². The Morgan fingerprint density at radius 2 is 2.00 bits per heavy atom. The molecule has 54 valence electrons. The van der Waals surface area contributed by atoms with Crippen molar-refractivity contribution in [2.24, 2.45) is 0 Å². The van der Waals surface area contributed by atoms with Crippen LogP contribution in [0, 0.1) is 0 Å². The Kier molecular flexibility index (Phi) is 2.02. The van der Waals surface area contributed by atoms with E-state index in [1.807, 2.05) is 5.32 Å². The molecule has 0 spiro atoms. The molecule has 0 aromatic heterocycles. The minimum Gasteiger partial charge on any atom is -0.384 e. The van der Waals surface area contributed by atoms with E-state index in [0.29, 0.717) is 6.54 Å². The number of aliphatic hydroxyl groups is 2. The van der Waals surface area contributed by atoms with Crippen LogP contribution in [0.4, 0.5) is 0 Å². The third kappa shape index (κ3) is 1.40. The van der Waals surface area contributed by atoms with E-state index in [1.54, 1.807) is 0 Å². The summed E-state index contributed by atoms with van der Waals surface area (Å²) in [6, 6.07) is -0.0197. The van der Waals surface area contributed by atoms with Crippen molar-refractivity contribution in [1.29, 1.82) is 0 Å². The van der Waals surface area contributed by atoms with Crippen LogP contribution in [0.2, 0.25) is 0 Å². The topological polar surface area (TPSA) is 84.7 Å². The Labute approximate surface area is 53.7 Å².